The van der Waals surface area contributed by atoms with Crippen molar-refractivity contribution in [3.8, 4) is 0 Å². The van der Waals surface area contributed by atoms with Crippen molar-refractivity contribution in [2.24, 2.45) is 5.92 Å². The molecule has 1 aliphatic rings. The number of carboxylic acid groups (broad SMARTS) is 1. The number of carbonyl (C=O) groups excluding carboxylic acids is 2. The van der Waals surface area contributed by atoms with Crippen LogP contribution in [0.1, 0.15) is 25.3 Å². The molecule has 3 atom stereocenters. The summed E-state index contributed by atoms with van der Waals surface area (Å²) in [5.74, 6) is -1.85. The van der Waals surface area contributed by atoms with Crippen LogP contribution in [0.3, 0.4) is 0 Å². The fourth-order valence-electron chi connectivity index (χ4n) is 2.91. The first-order chi connectivity index (χ1) is 12.5. The first-order valence-electron chi connectivity index (χ1n) is 8.63. The van der Waals surface area contributed by atoms with Crippen molar-refractivity contribution < 1.29 is 19.5 Å². The van der Waals surface area contributed by atoms with Crippen LogP contribution in [-0.4, -0.2) is 35.0 Å². The van der Waals surface area contributed by atoms with Crippen LogP contribution in [0.2, 0.25) is 0 Å². The molecule has 1 aromatic carbocycles. The van der Waals surface area contributed by atoms with Gasteiger partial charge < -0.3 is 15.7 Å². The number of allylic oxidation sites excluding steroid dienone is 4. The molecule has 2 amide bonds. The van der Waals surface area contributed by atoms with Crippen LogP contribution in [0.15, 0.2) is 54.6 Å². The minimum absolute atomic E-state index is 0.0646. The number of nitrogens with one attached hydrogen (secondary N) is 2. The summed E-state index contributed by atoms with van der Waals surface area (Å²) in [5.41, 5.74) is 0.883. The maximum Gasteiger partial charge on any atom is 0.326 e. The van der Waals surface area contributed by atoms with E-state index in [4.69, 9.17) is 0 Å². The van der Waals surface area contributed by atoms with Gasteiger partial charge in [-0.15, -0.1) is 0 Å². The van der Waals surface area contributed by atoms with Crippen LogP contribution in [-0.2, 0) is 20.8 Å². The summed E-state index contributed by atoms with van der Waals surface area (Å²) in [7, 11) is 0. The number of benzene rings is 1. The van der Waals surface area contributed by atoms with E-state index in [0.29, 0.717) is 12.8 Å². The van der Waals surface area contributed by atoms with E-state index in [0.717, 1.165) is 12.0 Å². The molecular weight excluding hydrogens is 332 g/mol. The second-order valence-corrected chi connectivity index (χ2v) is 6.39. The lowest BCUT2D eigenvalue weighted by Gasteiger charge is -2.23. The molecule has 0 bridgehead atoms. The summed E-state index contributed by atoms with van der Waals surface area (Å²) in [4.78, 5) is 35.6. The number of hydrogen-bond acceptors (Lipinski definition) is 3. The van der Waals surface area contributed by atoms with E-state index in [9.17, 15) is 19.5 Å². The molecule has 0 heterocycles. The first kappa shape index (κ1) is 19.4. The van der Waals surface area contributed by atoms with Gasteiger partial charge in [-0.1, -0.05) is 54.6 Å². The summed E-state index contributed by atoms with van der Waals surface area (Å²) in [6.45, 7) is 1.33. The highest BCUT2D eigenvalue weighted by atomic mass is 16.4. The molecule has 0 fully saturated rings. The molecule has 0 radical (unpaired) electrons. The third kappa shape index (κ3) is 6.20. The van der Waals surface area contributed by atoms with E-state index < -0.39 is 24.0 Å². The van der Waals surface area contributed by atoms with Gasteiger partial charge in [0.05, 0.1) is 0 Å². The zero-order chi connectivity index (χ0) is 18.9. The molecule has 0 aliphatic heterocycles. The van der Waals surface area contributed by atoms with E-state index in [1.54, 1.807) is 0 Å². The minimum Gasteiger partial charge on any atom is -0.480 e. The predicted molar refractivity (Wildman–Crippen MR) is 98.3 cm³/mol. The Morgan fingerprint density at radius 1 is 1.12 bits per heavy atom. The molecule has 1 aliphatic carbocycles. The number of hydrogen-bond donors (Lipinski definition) is 3. The van der Waals surface area contributed by atoms with E-state index >= 15 is 0 Å². The van der Waals surface area contributed by atoms with Gasteiger partial charge >= 0.3 is 5.97 Å². The number of rotatable bonds is 8. The van der Waals surface area contributed by atoms with Gasteiger partial charge in [0.15, 0.2) is 0 Å². The Bertz CT molecular complexity index is 697. The standard InChI is InChI=1S/C20H24N2O4/c1-14(23)21-17(12-15-8-4-2-5-9-15)19(24)22-18(20(25)26)13-16-10-6-3-7-11-16/h2-10,16-18H,11-13H2,1H3,(H,21,23)(H,22,24)(H,25,26)/t16?,17?,18-/m0/s1. The quantitative estimate of drug-likeness (QED) is 0.662. The molecule has 2 rings (SSSR count). The number of carbonyl (C=O) groups is 3. The zero-order valence-corrected chi connectivity index (χ0v) is 14.7. The van der Waals surface area contributed by atoms with Crippen LogP contribution < -0.4 is 10.6 Å². The summed E-state index contributed by atoms with van der Waals surface area (Å²) < 4.78 is 0. The second kappa shape index (κ2) is 9.56. The minimum atomic E-state index is -1.08. The first-order valence-corrected chi connectivity index (χ1v) is 8.63. The molecule has 1 aromatic rings. The fourth-order valence-corrected chi connectivity index (χ4v) is 2.91. The van der Waals surface area contributed by atoms with Crippen molar-refractivity contribution in [3.63, 3.8) is 0 Å². The Hall–Kier alpha value is -2.89. The molecule has 138 valence electrons. The molecule has 6 heteroatoms. The Morgan fingerprint density at radius 3 is 2.42 bits per heavy atom. The Kier molecular flexibility index (Phi) is 7.14. The Labute approximate surface area is 153 Å². The normalized spacial score (nSPS) is 18.0. The van der Waals surface area contributed by atoms with Crippen molar-refractivity contribution in [2.45, 2.75) is 38.3 Å². The maximum absolute atomic E-state index is 12.6. The lowest BCUT2D eigenvalue weighted by molar-refractivity contribution is -0.142. The molecule has 0 spiro atoms. The van der Waals surface area contributed by atoms with Crippen LogP contribution in [0.25, 0.3) is 0 Å². The highest BCUT2D eigenvalue weighted by molar-refractivity contribution is 5.90. The molecular formula is C20H24N2O4. The fraction of sp³-hybridized carbons (Fsp3) is 0.350. The van der Waals surface area contributed by atoms with Gasteiger partial charge in [0.2, 0.25) is 11.8 Å². The second-order valence-electron chi connectivity index (χ2n) is 6.39. The zero-order valence-electron chi connectivity index (χ0n) is 14.7. The van der Waals surface area contributed by atoms with Crippen LogP contribution in [0, 0.1) is 5.92 Å². The van der Waals surface area contributed by atoms with Crippen LogP contribution >= 0.6 is 0 Å². The summed E-state index contributed by atoms with van der Waals surface area (Å²) in [6, 6.07) is 7.45. The Balaban J connectivity index is 2.04. The van der Waals surface area contributed by atoms with E-state index in [-0.39, 0.29) is 11.8 Å². The third-order valence-corrected chi connectivity index (χ3v) is 4.20. The van der Waals surface area contributed by atoms with Crippen molar-refractivity contribution in [3.05, 3.63) is 60.2 Å². The van der Waals surface area contributed by atoms with Gasteiger partial charge in [-0.3, -0.25) is 9.59 Å². The topological polar surface area (TPSA) is 95.5 Å². The molecule has 0 saturated carbocycles. The summed E-state index contributed by atoms with van der Waals surface area (Å²) in [6.07, 6.45) is 9.06. The van der Waals surface area contributed by atoms with Crippen LogP contribution in [0.5, 0.6) is 0 Å². The van der Waals surface area contributed by atoms with Gasteiger partial charge in [-0.25, -0.2) is 4.79 Å². The molecule has 2 unspecified atom stereocenters. The predicted octanol–water partition coefficient (Wildman–Crippen LogP) is 1.83. The molecule has 3 N–H and O–H groups in total. The van der Waals surface area contributed by atoms with Crippen molar-refractivity contribution in [1.29, 1.82) is 0 Å². The smallest absolute Gasteiger partial charge is 0.326 e. The average Bonchev–Trinajstić information content (AvgIpc) is 2.62. The number of carboxylic acids is 1. The highest BCUT2D eigenvalue weighted by Gasteiger charge is 2.27. The average molecular weight is 356 g/mol. The maximum atomic E-state index is 12.6. The summed E-state index contributed by atoms with van der Waals surface area (Å²) in [5, 5.41) is 14.6. The van der Waals surface area contributed by atoms with Gasteiger partial charge in [-0.05, 0) is 24.3 Å². The van der Waals surface area contributed by atoms with E-state index in [2.05, 4.69) is 10.6 Å². The molecule has 0 aromatic heterocycles. The Morgan fingerprint density at radius 2 is 1.85 bits per heavy atom. The van der Waals surface area contributed by atoms with Gasteiger partial charge in [-0.2, -0.15) is 0 Å². The van der Waals surface area contributed by atoms with Crippen LogP contribution in [0.4, 0.5) is 0 Å². The lowest BCUT2D eigenvalue weighted by atomic mass is 9.93. The largest absolute Gasteiger partial charge is 0.480 e. The van der Waals surface area contributed by atoms with Crippen molar-refractivity contribution in [1.82, 2.24) is 10.6 Å². The molecule has 6 nitrogen and oxygen atoms in total. The SMILES string of the molecule is CC(=O)NC(Cc1ccccc1)C(=O)N[C@@H](CC1C=CC=CC1)C(=O)O. The number of aliphatic carboxylic acids is 1. The van der Waals surface area contributed by atoms with E-state index in [1.807, 2.05) is 54.6 Å². The molecule has 26 heavy (non-hydrogen) atoms. The monoisotopic (exact) mass is 356 g/mol. The lowest BCUT2D eigenvalue weighted by Crippen LogP contribution is -2.52. The third-order valence-electron chi connectivity index (χ3n) is 4.20. The summed E-state index contributed by atoms with van der Waals surface area (Å²) >= 11 is 0. The molecule has 0 saturated heterocycles. The van der Waals surface area contributed by atoms with Crippen molar-refractivity contribution in [2.75, 3.05) is 0 Å². The van der Waals surface area contributed by atoms with E-state index in [1.165, 1.54) is 6.92 Å². The number of amides is 2. The van der Waals surface area contributed by atoms with Gasteiger partial charge in [0.25, 0.3) is 0 Å². The van der Waals surface area contributed by atoms with Gasteiger partial charge in [0.1, 0.15) is 12.1 Å². The highest BCUT2D eigenvalue weighted by Crippen LogP contribution is 2.18. The van der Waals surface area contributed by atoms with Gasteiger partial charge in [0, 0.05) is 13.3 Å². The van der Waals surface area contributed by atoms with Crippen molar-refractivity contribution >= 4 is 17.8 Å².